The second-order valence-corrected chi connectivity index (χ2v) is 8.20. The first-order chi connectivity index (χ1) is 15.5. The van der Waals surface area contributed by atoms with Gasteiger partial charge in [-0.25, -0.2) is 0 Å². The van der Waals surface area contributed by atoms with Gasteiger partial charge in [0.2, 0.25) is 0 Å². The third-order valence-corrected chi connectivity index (χ3v) is 6.30. The van der Waals surface area contributed by atoms with Crippen molar-refractivity contribution in [1.29, 1.82) is 5.26 Å². The van der Waals surface area contributed by atoms with E-state index in [-0.39, 0.29) is 17.6 Å². The maximum atomic E-state index is 13.0. The van der Waals surface area contributed by atoms with Gasteiger partial charge in [-0.1, -0.05) is 0 Å². The quantitative estimate of drug-likeness (QED) is 0.590. The average molecular weight is 429 g/mol. The molecule has 0 atom stereocenters. The molecule has 0 radical (unpaired) electrons. The molecule has 3 aromatic rings. The zero-order valence-corrected chi connectivity index (χ0v) is 17.5. The number of hydrogen-bond acceptors (Lipinski definition) is 5. The minimum absolute atomic E-state index is 0.000476. The molecule has 3 heterocycles. The summed E-state index contributed by atoms with van der Waals surface area (Å²) < 4.78 is 0. The number of carbonyl (C=O) groups excluding carboxylic acids is 2. The molecule has 5 rings (SSSR count). The van der Waals surface area contributed by atoms with Crippen LogP contribution in [0.15, 0.2) is 36.4 Å². The molecule has 1 saturated heterocycles. The van der Waals surface area contributed by atoms with E-state index in [0.717, 1.165) is 41.8 Å². The first-order valence-electron chi connectivity index (χ1n) is 10.7. The van der Waals surface area contributed by atoms with Crippen molar-refractivity contribution in [2.75, 3.05) is 32.7 Å². The molecule has 1 aromatic heterocycles. The largest absolute Gasteiger partial charge is 0.508 e. The van der Waals surface area contributed by atoms with Crippen molar-refractivity contribution in [2.24, 2.45) is 0 Å². The minimum atomic E-state index is -0.200. The summed E-state index contributed by atoms with van der Waals surface area (Å²) in [7, 11) is 0. The fraction of sp³-hybridized carbons (Fsp3) is 0.292. The van der Waals surface area contributed by atoms with E-state index in [9.17, 15) is 14.7 Å². The number of phenolic OH excluding ortho intramolecular Hbond substituents is 1. The minimum Gasteiger partial charge on any atom is -0.508 e. The highest BCUT2D eigenvalue weighted by Gasteiger charge is 2.27. The van der Waals surface area contributed by atoms with Gasteiger partial charge in [0.1, 0.15) is 5.75 Å². The first kappa shape index (κ1) is 20.1. The number of amides is 2. The third-order valence-electron chi connectivity index (χ3n) is 6.30. The molecule has 0 aliphatic carbocycles. The fourth-order valence-corrected chi connectivity index (χ4v) is 4.53. The molecule has 8 heteroatoms. The van der Waals surface area contributed by atoms with E-state index in [1.54, 1.807) is 12.1 Å². The summed E-state index contributed by atoms with van der Waals surface area (Å²) in [6.45, 7) is 3.91. The number of fused-ring (bicyclic) bond motifs is 2. The number of hydrogen-bond donors (Lipinski definition) is 3. The Balaban J connectivity index is 1.39. The van der Waals surface area contributed by atoms with Crippen LogP contribution in [0.1, 0.15) is 32.7 Å². The van der Waals surface area contributed by atoms with Crippen molar-refractivity contribution in [2.45, 2.75) is 13.0 Å². The monoisotopic (exact) mass is 429 g/mol. The van der Waals surface area contributed by atoms with Gasteiger partial charge in [-0.2, -0.15) is 5.26 Å². The van der Waals surface area contributed by atoms with Crippen LogP contribution in [0.25, 0.3) is 22.2 Å². The van der Waals surface area contributed by atoms with Gasteiger partial charge < -0.3 is 20.3 Å². The summed E-state index contributed by atoms with van der Waals surface area (Å²) in [5.74, 6) is -0.0902. The number of nitrogens with one attached hydrogen (secondary N) is 2. The lowest BCUT2D eigenvalue weighted by atomic mass is 9.99. The summed E-state index contributed by atoms with van der Waals surface area (Å²) in [6.07, 6.45) is 0.506. The van der Waals surface area contributed by atoms with Crippen LogP contribution in [0.2, 0.25) is 0 Å². The molecule has 2 aliphatic rings. The van der Waals surface area contributed by atoms with E-state index in [2.05, 4.69) is 21.3 Å². The normalized spacial score (nSPS) is 16.1. The molecule has 0 unspecified atom stereocenters. The second kappa shape index (κ2) is 8.02. The van der Waals surface area contributed by atoms with E-state index in [0.29, 0.717) is 42.7 Å². The number of piperazine rings is 1. The Bertz CT molecular complexity index is 1260. The van der Waals surface area contributed by atoms with Crippen molar-refractivity contribution in [3.63, 3.8) is 0 Å². The lowest BCUT2D eigenvalue weighted by molar-refractivity contribution is 0.0639. The van der Waals surface area contributed by atoms with Gasteiger partial charge in [0, 0.05) is 79.0 Å². The number of nitriles is 1. The molecule has 3 N–H and O–H groups in total. The van der Waals surface area contributed by atoms with Gasteiger partial charge in [0.05, 0.1) is 11.6 Å². The molecule has 2 aliphatic heterocycles. The predicted octanol–water partition coefficient (Wildman–Crippen LogP) is 2.46. The highest BCUT2D eigenvalue weighted by atomic mass is 16.3. The number of phenols is 1. The third kappa shape index (κ3) is 3.47. The Hall–Kier alpha value is -3.83. The first-order valence-corrected chi connectivity index (χ1v) is 10.7. The summed E-state index contributed by atoms with van der Waals surface area (Å²) in [5, 5.41) is 22.5. The van der Waals surface area contributed by atoms with E-state index < -0.39 is 0 Å². The number of benzene rings is 2. The molecular formula is C24H23N5O3. The smallest absolute Gasteiger partial charge is 0.253 e. The summed E-state index contributed by atoms with van der Waals surface area (Å²) >= 11 is 0. The Labute approximate surface area is 185 Å². The summed E-state index contributed by atoms with van der Waals surface area (Å²) in [5.41, 5.74) is 4.09. The Morgan fingerprint density at radius 1 is 1.12 bits per heavy atom. The number of carbonyl (C=O) groups is 2. The van der Waals surface area contributed by atoms with Crippen LogP contribution >= 0.6 is 0 Å². The standard InChI is InChI=1S/C24H23N5O3/c25-6-1-7-28-8-10-29(11-9-28)24(32)15-2-4-19-16(12-15)13-20(27-19)17-3-5-21(30)18-14-26-23(31)22(17)18/h2-5,12-13,27,30H,1,7-11,14H2,(H,26,31). The number of aromatic nitrogens is 1. The number of H-pyrrole nitrogens is 1. The lowest BCUT2D eigenvalue weighted by Crippen LogP contribution is -2.48. The van der Waals surface area contributed by atoms with Crippen molar-refractivity contribution in [3.05, 3.63) is 53.1 Å². The van der Waals surface area contributed by atoms with Crippen LogP contribution in [0.3, 0.4) is 0 Å². The van der Waals surface area contributed by atoms with Gasteiger partial charge in [-0.15, -0.1) is 0 Å². The van der Waals surface area contributed by atoms with Gasteiger partial charge in [0.15, 0.2) is 0 Å². The number of aromatic hydroxyl groups is 1. The highest BCUT2D eigenvalue weighted by Crippen LogP contribution is 2.35. The molecule has 1 fully saturated rings. The van der Waals surface area contributed by atoms with E-state index >= 15 is 0 Å². The van der Waals surface area contributed by atoms with Crippen molar-refractivity contribution in [3.8, 4) is 23.1 Å². The van der Waals surface area contributed by atoms with Crippen molar-refractivity contribution < 1.29 is 14.7 Å². The van der Waals surface area contributed by atoms with Gasteiger partial charge in [-0.05, 0) is 36.4 Å². The van der Waals surface area contributed by atoms with Gasteiger partial charge in [-0.3, -0.25) is 14.5 Å². The fourth-order valence-electron chi connectivity index (χ4n) is 4.53. The van der Waals surface area contributed by atoms with E-state index in [1.807, 2.05) is 29.2 Å². The van der Waals surface area contributed by atoms with E-state index in [4.69, 9.17) is 5.26 Å². The van der Waals surface area contributed by atoms with Crippen LogP contribution in [0.5, 0.6) is 5.75 Å². The maximum absolute atomic E-state index is 13.0. The highest BCUT2D eigenvalue weighted by molar-refractivity contribution is 6.06. The van der Waals surface area contributed by atoms with Crippen LogP contribution in [-0.4, -0.2) is 64.4 Å². The molecule has 0 bridgehead atoms. The van der Waals surface area contributed by atoms with Crippen LogP contribution < -0.4 is 5.32 Å². The van der Waals surface area contributed by atoms with Crippen molar-refractivity contribution >= 4 is 22.7 Å². The molecule has 2 aromatic carbocycles. The summed E-state index contributed by atoms with van der Waals surface area (Å²) in [4.78, 5) is 32.8. The van der Waals surface area contributed by atoms with Crippen molar-refractivity contribution in [1.82, 2.24) is 20.1 Å². The Morgan fingerprint density at radius 2 is 1.94 bits per heavy atom. The molecule has 162 valence electrons. The molecule has 8 nitrogen and oxygen atoms in total. The second-order valence-electron chi connectivity index (χ2n) is 8.20. The summed E-state index contributed by atoms with van der Waals surface area (Å²) in [6, 6.07) is 13.0. The number of aromatic amines is 1. The number of rotatable bonds is 4. The molecule has 0 saturated carbocycles. The number of nitrogens with zero attached hydrogens (tertiary/aromatic N) is 3. The van der Waals surface area contributed by atoms with Crippen LogP contribution in [0, 0.1) is 11.3 Å². The molecule has 2 amide bonds. The predicted molar refractivity (Wildman–Crippen MR) is 119 cm³/mol. The SMILES string of the molecule is N#CCCN1CCN(C(=O)c2ccc3[nH]c(-c4ccc(O)c5c4C(=O)NC5)cc3c2)CC1. The van der Waals surface area contributed by atoms with E-state index in [1.165, 1.54) is 0 Å². The lowest BCUT2D eigenvalue weighted by Gasteiger charge is -2.34. The zero-order valence-electron chi connectivity index (χ0n) is 17.5. The molecular weight excluding hydrogens is 406 g/mol. The molecule has 32 heavy (non-hydrogen) atoms. The Morgan fingerprint density at radius 3 is 2.72 bits per heavy atom. The molecule has 0 spiro atoms. The topological polar surface area (TPSA) is 112 Å². The Kier molecular flexibility index (Phi) is 5.04. The average Bonchev–Trinajstić information content (AvgIpc) is 3.42. The zero-order chi connectivity index (χ0) is 22.2. The van der Waals surface area contributed by atoms with Crippen LogP contribution in [-0.2, 0) is 6.54 Å². The maximum Gasteiger partial charge on any atom is 0.253 e. The van der Waals surface area contributed by atoms with Gasteiger partial charge in [0.25, 0.3) is 11.8 Å². The van der Waals surface area contributed by atoms with Crippen LogP contribution in [0.4, 0.5) is 0 Å². The van der Waals surface area contributed by atoms with Gasteiger partial charge >= 0.3 is 0 Å².